The van der Waals surface area contributed by atoms with Gasteiger partial charge >= 0.3 is 0 Å². The predicted molar refractivity (Wildman–Crippen MR) is 132 cm³/mol. The molecule has 1 aromatic heterocycles. The summed E-state index contributed by atoms with van der Waals surface area (Å²) in [5.74, 6) is 0. The molecule has 0 spiro atoms. The van der Waals surface area contributed by atoms with Gasteiger partial charge in [-0.15, -0.1) is 11.8 Å². The molecule has 0 unspecified atom stereocenters. The Morgan fingerprint density at radius 1 is 1.00 bits per heavy atom. The molecule has 6 heteroatoms. The van der Waals surface area contributed by atoms with Crippen LogP contribution in [0.5, 0.6) is 0 Å². The summed E-state index contributed by atoms with van der Waals surface area (Å²) in [7, 11) is -3.69. The van der Waals surface area contributed by atoms with Crippen molar-refractivity contribution in [2.45, 2.75) is 35.6 Å². The van der Waals surface area contributed by atoms with E-state index < -0.39 is 16.1 Å². The van der Waals surface area contributed by atoms with Crippen LogP contribution >= 0.6 is 11.8 Å². The van der Waals surface area contributed by atoms with E-state index >= 15 is 0 Å². The first-order chi connectivity index (χ1) is 15.5. The highest BCUT2D eigenvalue weighted by Gasteiger charge is 2.39. The van der Waals surface area contributed by atoms with Crippen molar-refractivity contribution in [3.05, 3.63) is 95.2 Å². The highest BCUT2D eigenvalue weighted by atomic mass is 32.2. The highest BCUT2D eigenvalue weighted by Crippen LogP contribution is 2.41. The second kappa shape index (κ2) is 8.43. The van der Waals surface area contributed by atoms with Gasteiger partial charge in [0.15, 0.2) is 0 Å². The van der Waals surface area contributed by atoms with Crippen molar-refractivity contribution in [3.8, 4) is 0 Å². The van der Waals surface area contributed by atoms with Crippen molar-refractivity contribution < 1.29 is 8.42 Å². The second-order valence-electron chi connectivity index (χ2n) is 8.07. The molecule has 1 aliphatic heterocycles. The van der Waals surface area contributed by atoms with E-state index in [0.29, 0.717) is 24.3 Å². The maximum atomic E-state index is 14.0. The topological polar surface area (TPSA) is 53.2 Å². The molecule has 3 aromatic carbocycles. The van der Waals surface area contributed by atoms with Gasteiger partial charge in [-0.1, -0.05) is 55.5 Å². The molecule has 1 aliphatic rings. The molecule has 0 bridgehead atoms. The summed E-state index contributed by atoms with van der Waals surface area (Å²) in [4.78, 5) is 5.13. The number of benzene rings is 3. The zero-order chi connectivity index (χ0) is 22.3. The van der Waals surface area contributed by atoms with Gasteiger partial charge in [-0.25, -0.2) is 8.42 Å². The SMILES string of the molecule is CCc1ccccc1S(=O)(=O)N1CCc2c([nH]c3ccccc23)[C@H]1c1ccc(SC)cc1. The maximum absolute atomic E-state index is 14.0. The monoisotopic (exact) mass is 462 g/mol. The minimum absolute atomic E-state index is 0.392. The third-order valence-corrected chi connectivity index (χ3v) is 9.07. The average Bonchev–Trinajstić information content (AvgIpc) is 3.22. The molecule has 0 aliphatic carbocycles. The Morgan fingerprint density at radius 3 is 2.47 bits per heavy atom. The summed E-state index contributed by atoms with van der Waals surface area (Å²) in [5, 5.41) is 1.18. The van der Waals surface area contributed by atoms with Crippen molar-refractivity contribution in [2.75, 3.05) is 12.8 Å². The fourth-order valence-corrected chi connectivity index (χ4v) is 7.06. The number of aromatic nitrogens is 1. The third-order valence-electron chi connectivity index (χ3n) is 6.36. The van der Waals surface area contributed by atoms with E-state index in [1.54, 1.807) is 22.1 Å². The van der Waals surface area contributed by atoms with Gasteiger partial charge in [-0.05, 0) is 60.1 Å². The van der Waals surface area contributed by atoms with Gasteiger partial charge in [0.25, 0.3) is 0 Å². The van der Waals surface area contributed by atoms with Crippen LogP contribution in [-0.4, -0.2) is 30.5 Å². The maximum Gasteiger partial charge on any atom is 0.244 e. The normalized spacial score (nSPS) is 16.9. The predicted octanol–water partition coefficient (Wildman–Crippen LogP) is 5.79. The van der Waals surface area contributed by atoms with Crippen molar-refractivity contribution in [1.82, 2.24) is 9.29 Å². The molecular formula is C26H26N2O2S2. The molecule has 0 fully saturated rings. The Hall–Kier alpha value is -2.54. The number of H-pyrrole nitrogens is 1. The van der Waals surface area contributed by atoms with Crippen molar-refractivity contribution in [3.63, 3.8) is 0 Å². The first kappa shape index (κ1) is 21.3. The fraction of sp³-hybridized carbons (Fsp3) is 0.231. The van der Waals surface area contributed by atoms with E-state index in [1.165, 1.54) is 10.9 Å². The van der Waals surface area contributed by atoms with Crippen LogP contribution in [0.3, 0.4) is 0 Å². The molecule has 1 N–H and O–H groups in total. The van der Waals surface area contributed by atoms with Crippen molar-refractivity contribution in [1.29, 1.82) is 0 Å². The molecule has 4 aromatic rings. The lowest BCUT2D eigenvalue weighted by atomic mass is 9.94. The zero-order valence-electron chi connectivity index (χ0n) is 18.2. The number of hydrogen-bond acceptors (Lipinski definition) is 3. The fourth-order valence-electron chi connectivity index (χ4n) is 4.77. The van der Waals surface area contributed by atoms with Crippen molar-refractivity contribution in [2.24, 2.45) is 0 Å². The largest absolute Gasteiger partial charge is 0.357 e. The number of hydrogen-bond donors (Lipinski definition) is 1. The van der Waals surface area contributed by atoms with Gasteiger partial charge < -0.3 is 4.98 Å². The molecule has 164 valence electrons. The van der Waals surface area contributed by atoms with Gasteiger partial charge in [-0.3, -0.25) is 0 Å². The summed E-state index contributed by atoms with van der Waals surface area (Å²) in [5.41, 5.74) is 5.08. The molecular weight excluding hydrogens is 436 g/mol. The third kappa shape index (κ3) is 3.47. The van der Waals surface area contributed by atoms with E-state index in [0.717, 1.165) is 27.2 Å². The molecule has 0 amide bonds. The van der Waals surface area contributed by atoms with Gasteiger partial charge in [0, 0.05) is 28.0 Å². The number of sulfonamides is 1. The number of aryl methyl sites for hydroxylation is 1. The molecule has 0 radical (unpaired) electrons. The Morgan fingerprint density at radius 2 is 1.72 bits per heavy atom. The molecule has 1 atom stereocenters. The lowest BCUT2D eigenvalue weighted by Gasteiger charge is -2.35. The number of nitrogens with one attached hydrogen (secondary N) is 1. The minimum Gasteiger partial charge on any atom is -0.357 e. The molecule has 0 saturated heterocycles. The van der Waals surface area contributed by atoms with Crippen LogP contribution in [0, 0.1) is 0 Å². The Labute approximate surface area is 193 Å². The van der Waals surface area contributed by atoms with Crippen molar-refractivity contribution >= 4 is 32.7 Å². The summed E-state index contributed by atoms with van der Waals surface area (Å²) >= 11 is 1.68. The summed E-state index contributed by atoms with van der Waals surface area (Å²) in [6, 6.07) is 23.5. The van der Waals surface area contributed by atoms with Crippen LogP contribution in [0.4, 0.5) is 0 Å². The van der Waals surface area contributed by atoms with E-state index in [2.05, 4.69) is 41.4 Å². The Bertz CT molecular complexity index is 1370. The summed E-state index contributed by atoms with van der Waals surface area (Å²) in [6.07, 6.45) is 3.41. The molecule has 4 nitrogen and oxygen atoms in total. The van der Waals surface area contributed by atoms with Crippen LogP contribution in [0.1, 0.15) is 35.3 Å². The quantitative estimate of drug-likeness (QED) is 0.382. The van der Waals surface area contributed by atoms with E-state index in [4.69, 9.17) is 0 Å². The first-order valence-corrected chi connectivity index (χ1v) is 13.5. The average molecular weight is 463 g/mol. The smallest absolute Gasteiger partial charge is 0.244 e. The second-order valence-corrected chi connectivity index (χ2v) is 10.8. The summed E-state index contributed by atoms with van der Waals surface area (Å²) in [6.45, 7) is 2.45. The van der Waals surface area contributed by atoms with Crippen LogP contribution < -0.4 is 0 Å². The first-order valence-electron chi connectivity index (χ1n) is 10.9. The minimum atomic E-state index is -3.69. The van der Waals surface area contributed by atoms with Gasteiger partial charge in [0.1, 0.15) is 0 Å². The van der Waals surface area contributed by atoms with Crippen LogP contribution in [0.2, 0.25) is 0 Å². The van der Waals surface area contributed by atoms with Crippen LogP contribution in [-0.2, 0) is 22.9 Å². The molecule has 2 heterocycles. The highest BCUT2D eigenvalue weighted by molar-refractivity contribution is 7.98. The molecule has 32 heavy (non-hydrogen) atoms. The Balaban J connectivity index is 1.71. The van der Waals surface area contributed by atoms with Gasteiger partial charge in [0.2, 0.25) is 10.0 Å². The van der Waals surface area contributed by atoms with Gasteiger partial charge in [0.05, 0.1) is 10.9 Å². The lowest BCUT2D eigenvalue weighted by Crippen LogP contribution is -2.40. The number of thioether (sulfide) groups is 1. The number of para-hydroxylation sites is 1. The summed E-state index contributed by atoms with van der Waals surface area (Å²) < 4.78 is 29.7. The van der Waals surface area contributed by atoms with Crippen LogP contribution in [0.15, 0.2) is 82.6 Å². The number of aromatic amines is 1. The number of nitrogens with zero attached hydrogens (tertiary/aromatic N) is 1. The van der Waals surface area contributed by atoms with Crippen LogP contribution in [0.25, 0.3) is 10.9 Å². The standard InChI is InChI=1S/C26H26N2O2S2/c1-3-18-8-4-7-11-24(18)32(29,30)28-17-16-22-21-9-5-6-10-23(21)27-25(22)26(28)19-12-14-20(31-2)15-13-19/h4-15,26-27H,3,16-17H2,1-2H3/t26-/m1/s1. The van der Waals surface area contributed by atoms with E-state index in [-0.39, 0.29) is 0 Å². The lowest BCUT2D eigenvalue weighted by molar-refractivity contribution is 0.340. The number of fused-ring (bicyclic) bond motifs is 3. The molecule has 5 rings (SSSR count). The molecule has 0 saturated carbocycles. The number of rotatable bonds is 5. The van der Waals surface area contributed by atoms with Gasteiger partial charge in [-0.2, -0.15) is 4.31 Å². The van der Waals surface area contributed by atoms with E-state index in [9.17, 15) is 8.42 Å². The Kier molecular flexibility index (Phi) is 5.61. The zero-order valence-corrected chi connectivity index (χ0v) is 19.8. The van der Waals surface area contributed by atoms with E-state index in [1.807, 2.05) is 43.5 Å².